The smallest absolute Gasteiger partial charge is 0.261 e. The standard InChI is InChI=1S/C19H16FNO2/c1-19(12-6-8-13(20)9-7-12)10-14(11-19)21-17(22)15-4-2-3-5-16(15)18(21)23/h2-9,14H,10-11H2,1H3/t14-,19+. The molecule has 0 spiro atoms. The first-order valence-electron chi connectivity index (χ1n) is 7.72. The van der Waals surface area contributed by atoms with Crippen molar-refractivity contribution >= 4 is 11.8 Å². The number of rotatable bonds is 2. The highest BCUT2D eigenvalue weighted by atomic mass is 19.1. The van der Waals surface area contributed by atoms with Crippen LogP contribution in [-0.4, -0.2) is 22.8 Å². The van der Waals surface area contributed by atoms with Gasteiger partial charge in [-0.15, -0.1) is 0 Å². The molecule has 1 heterocycles. The average Bonchev–Trinajstić information content (AvgIpc) is 2.77. The van der Waals surface area contributed by atoms with Crippen molar-refractivity contribution in [2.75, 3.05) is 0 Å². The molecule has 0 unspecified atom stereocenters. The number of nitrogens with zero attached hydrogens (tertiary/aromatic N) is 1. The van der Waals surface area contributed by atoms with Crippen LogP contribution in [0.25, 0.3) is 0 Å². The fourth-order valence-corrected chi connectivity index (χ4v) is 3.79. The number of carbonyl (C=O) groups is 2. The van der Waals surface area contributed by atoms with Crippen LogP contribution < -0.4 is 0 Å². The first kappa shape index (κ1) is 14.1. The number of hydrogen-bond donors (Lipinski definition) is 0. The maximum absolute atomic E-state index is 13.1. The van der Waals surface area contributed by atoms with Crippen LogP contribution in [0.3, 0.4) is 0 Å². The van der Waals surface area contributed by atoms with Crippen LogP contribution in [0.15, 0.2) is 48.5 Å². The Bertz CT molecular complexity index is 771. The third-order valence-corrected chi connectivity index (χ3v) is 5.10. The molecule has 4 heteroatoms. The van der Waals surface area contributed by atoms with Gasteiger partial charge >= 0.3 is 0 Å². The van der Waals surface area contributed by atoms with Gasteiger partial charge in [-0.25, -0.2) is 4.39 Å². The number of hydrogen-bond acceptors (Lipinski definition) is 2. The molecule has 4 rings (SSSR count). The van der Waals surface area contributed by atoms with Crippen molar-refractivity contribution in [2.24, 2.45) is 0 Å². The van der Waals surface area contributed by atoms with Crippen molar-refractivity contribution in [1.82, 2.24) is 4.90 Å². The van der Waals surface area contributed by atoms with Gasteiger partial charge in [-0.1, -0.05) is 31.2 Å². The molecule has 1 aliphatic carbocycles. The molecule has 0 N–H and O–H groups in total. The van der Waals surface area contributed by atoms with E-state index in [1.54, 1.807) is 36.4 Å². The quantitative estimate of drug-likeness (QED) is 0.796. The Kier molecular flexibility index (Phi) is 2.92. The van der Waals surface area contributed by atoms with Crippen LogP contribution in [0, 0.1) is 5.82 Å². The lowest BCUT2D eigenvalue weighted by Crippen LogP contribution is -2.53. The van der Waals surface area contributed by atoms with Crippen LogP contribution >= 0.6 is 0 Å². The fraction of sp³-hybridized carbons (Fsp3) is 0.263. The normalized spacial score (nSPS) is 26.2. The maximum atomic E-state index is 13.1. The molecule has 2 aromatic carbocycles. The van der Waals surface area contributed by atoms with Gasteiger partial charge in [0.05, 0.1) is 11.1 Å². The molecular formula is C19H16FNO2. The summed E-state index contributed by atoms with van der Waals surface area (Å²) >= 11 is 0. The van der Waals surface area contributed by atoms with E-state index < -0.39 is 0 Å². The van der Waals surface area contributed by atoms with Gasteiger partial charge < -0.3 is 0 Å². The van der Waals surface area contributed by atoms with Gasteiger partial charge in [0.25, 0.3) is 11.8 Å². The predicted molar refractivity (Wildman–Crippen MR) is 83.7 cm³/mol. The molecule has 1 fully saturated rings. The largest absolute Gasteiger partial charge is 0.271 e. The van der Waals surface area contributed by atoms with E-state index in [4.69, 9.17) is 0 Å². The number of imide groups is 1. The molecule has 2 aliphatic rings. The van der Waals surface area contributed by atoms with E-state index in [-0.39, 0.29) is 29.1 Å². The molecule has 0 aromatic heterocycles. The Morgan fingerprint density at radius 1 is 0.957 bits per heavy atom. The lowest BCUT2D eigenvalue weighted by molar-refractivity contribution is 0.0378. The molecule has 0 saturated heterocycles. The van der Waals surface area contributed by atoms with Gasteiger partial charge in [-0.3, -0.25) is 14.5 Å². The lowest BCUT2D eigenvalue weighted by Gasteiger charge is -2.48. The van der Waals surface area contributed by atoms with Crippen LogP contribution in [0.4, 0.5) is 4.39 Å². The lowest BCUT2D eigenvalue weighted by atomic mass is 9.62. The minimum atomic E-state index is -0.256. The molecule has 0 radical (unpaired) electrons. The Morgan fingerprint density at radius 2 is 1.48 bits per heavy atom. The molecule has 1 saturated carbocycles. The van der Waals surface area contributed by atoms with E-state index in [0.29, 0.717) is 24.0 Å². The highest BCUT2D eigenvalue weighted by molar-refractivity contribution is 6.21. The zero-order chi connectivity index (χ0) is 16.2. The Balaban J connectivity index is 1.56. The van der Waals surface area contributed by atoms with E-state index in [9.17, 15) is 14.0 Å². The summed E-state index contributed by atoms with van der Waals surface area (Å²) in [5.74, 6) is -0.651. The van der Waals surface area contributed by atoms with Gasteiger partial charge in [0.15, 0.2) is 0 Å². The number of amides is 2. The summed E-state index contributed by atoms with van der Waals surface area (Å²) in [5, 5.41) is 0. The first-order chi connectivity index (χ1) is 11.0. The second kappa shape index (κ2) is 4.75. The fourth-order valence-electron chi connectivity index (χ4n) is 3.79. The topological polar surface area (TPSA) is 37.4 Å². The Labute approximate surface area is 133 Å². The zero-order valence-electron chi connectivity index (χ0n) is 12.8. The molecule has 116 valence electrons. The summed E-state index contributed by atoms with van der Waals surface area (Å²) in [6.07, 6.45) is 1.42. The number of fused-ring (bicyclic) bond motifs is 1. The molecular weight excluding hydrogens is 293 g/mol. The van der Waals surface area contributed by atoms with E-state index in [2.05, 4.69) is 6.92 Å². The van der Waals surface area contributed by atoms with Crippen molar-refractivity contribution in [1.29, 1.82) is 0 Å². The average molecular weight is 309 g/mol. The molecule has 2 amide bonds. The van der Waals surface area contributed by atoms with Crippen molar-refractivity contribution in [3.63, 3.8) is 0 Å². The Hall–Kier alpha value is -2.49. The number of halogens is 1. The molecule has 1 aliphatic heterocycles. The second-order valence-electron chi connectivity index (χ2n) is 6.66. The number of benzene rings is 2. The molecule has 0 atom stereocenters. The van der Waals surface area contributed by atoms with E-state index >= 15 is 0 Å². The van der Waals surface area contributed by atoms with Crippen molar-refractivity contribution in [3.8, 4) is 0 Å². The van der Waals surface area contributed by atoms with Gasteiger partial charge in [-0.2, -0.15) is 0 Å². The van der Waals surface area contributed by atoms with Crippen LogP contribution in [0.2, 0.25) is 0 Å². The summed E-state index contributed by atoms with van der Waals surface area (Å²) in [4.78, 5) is 26.4. The van der Waals surface area contributed by atoms with Crippen molar-refractivity contribution in [3.05, 3.63) is 71.0 Å². The SMILES string of the molecule is C[C@]1(c2ccc(F)cc2)C[C@@H](N2C(=O)c3ccccc3C2=O)C1. The molecule has 0 bridgehead atoms. The highest BCUT2D eigenvalue weighted by Crippen LogP contribution is 2.47. The minimum absolute atomic E-state index is 0.0857. The summed E-state index contributed by atoms with van der Waals surface area (Å²) in [6, 6.07) is 13.3. The van der Waals surface area contributed by atoms with E-state index in [0.717, 1.165) is 5.56 Å². The summed E-state index contributed by atoms with van der Waals surface area (Å²) in [7, 11) is 0. The van der Waals surface area contributed by atoms with Gasteiger partial charge in [-0.05, 0) is 48.1 Å². The van der Waals surface area contributed by atoms with E-state index in [1.165, 1.54) is 17.0 Å². The predicted octanol–water partition coefficient (Wildman–Crippen LogP) is 3.54. The van der Waals surface area contributed by atoms with Gasteiger partial charge in [0, 0.05) is 6.04 Å². The maximum Gasteiger partial charge on any atom is 0.261 e. The van der Waals surface area contributed by atoms with Gasteiger partial charge in [0.1, 0.15) is 5.82 Å². The molecule has 23 heavy (non-hydrogen) atoms. The summed E-state index contributed by atoms with van der Waals surface area (Å²) < 4.78 is 13.1. The number of carbonyl (C=O) groups excluding carboxylic acids is 2. The molecule has 2 aromatic rings. The van der Waals surface area contributed by atoms with Crippen molar-refractivity contribution < 1.29 is 14.0 Å². The Morgan fingerprint density at radius 3 is 2.00 bits per heavy atom. The van der Waals surface area contributed by atoms with Crippen LogP contribution in [0.1, 0.15) is 46.0 Å². The summed E-state index contributed by atoms with van der Waals surface area (Å²) in [6.45, 7) is 2.09. The third kappa shape index (κ3) is 2.01. The first-order valence-corrected chi connectivity index (χ1v) is 7.72. The molecule has 3 nitrogen and oxygen atoms in total. The second-order valence-corrected chi connectivity index (χ2v) is 6.66. The zero-order valence-corrected chi connectivity index (χ0v) is 12.8. The van der Waals surface area contributed by atoms with Gasteiger partial charge in [0.2, 0.25) is 0 Å². The monoisotopic (exact) mass is 309 g/mol. The highest BCUT2D eigenvalue weighted by Gasteiger charge is 2.50. The summed E-state index contributed by atoms with van der Waals surface area (Å²) in [5.41, 5.74) is 1.92. The minimum Gasteiger partial charge on any atom is -0.271 e. The van der Waals surface area contributed by atoms with Crippen LogP contribution in [-0.2, 0) is 5.41 Å². The third-order valence-electron chi connectivity index (χ3n) is 5.10. The van der Waals surface area contributed by atoms with E-state index in [1.807, 2.05) is 0 Å². The van der Waals surface area contributed by atoms with Crippen molar-refractivity contribution in [2.45, 2.75) is 31.2 Å². The van der Waals surface area contributed by atoms with Crippen LogP contribution in [0.5, 0.6) is 0 Å².